The second-order valence-corrected chi connectivity index (χ2v) is 5.53. The molecule has 0 aliphatic carbocycles. The van der Waals surface area contributed by atoms with Crippen molar-refractivity contribution in [1.82, 2.24) is 15.1 Å². The van der Waals surface area contributed by atoms with Crippen molar-refractivity contribution >= 4 is 5.96 Å². The number of nitrogens with one attached hydrogen (secondary N) is 1. The van der Waals surface area contributed by atoms with E-state index in [0.717, 1.165) is 50.7 Å². The summed E-state index contributed by atoms with van der Waals surface area (Å²) in [5.41, 5.74) is 0. The zero-order chi connectivity index (χ0) is 17.1. The fourth-order valence-corrected chi connectivity index (χ4v) is 2.71. The van der Waals surface area contributed by atoms with Crippen molar-refractivity contribution in [3.63, 3.8) is 0 Å². The van der Waals surface area contributed by atoms with E-state index >= 15 is 0 Å². The highest BCUT2D eigenvalue weighted by molar-refractivity contribution is 5.79. The highest BCUT2D eigenvalue weighted by Gasteiger charge is 2.21. The quantitative estimate of drug-likeness (QED) is 0.311. The maximum absolute atomic E-state index is 5.64. The molecule has 0 aliphatic heterocycles. The molecule has 1 N–H and O–H groups in total. The van der Waals surface area contributed by atoms with Crippen LogP contribution in [0, 0.1) is 0 Å². The summed E-state index contributed by atoms with van der Waals surface area (Å²) in [5.74, 6) is 1.91. The van der Waals surface area contributed by atoms with Gasteiger partial charge in [-0.05, 0) is 38.1 Å². The summed E-state index contributed by atoms with van der Waals surface area (Å²) in [5, 5.41) is 3.48. The lowest BCUT2D eigenvalue weighted by Crippen LogP contribution is -2.44. The van der Waals surface area contributed by atoms with Crippen LogP contribution in [-0.2, 0) is 0 Å². The van der Waals surface area contributed by atoms with Gasteiger partial charge in [0.15, 0.2) is 5.96 Å². The van der Waals surface area contributed by atoms with Crippen molar-refractivity contribution in [1.29, 1.82) is 0 Å². The maximum Gasteiger partial charge on any atom is 0.193 e. The van der Waals surface area contributed by atoms with Gasteiger partial charge in [0.25, 0.3) is 0 Å². The number of nitrogens with zero attached hydrogens (tertiary/aromatic N) is 3. The molecule has 1 unspecified atom stereocenters. The third kappa shape index (κ3) is 6.10. The Labute approximate surface area is 141 Å². The Balaban J connectivity index is 2.66. The van der Waals surface area contributed by atoms with E-state index in [1.54, 1.807) is 6.26 Å². The average Bonchev–Trinajstić information content (AvgIpc) is 3.09. The SMILES string of the molecule is C=CCCCN(C)C(=NC)NCC(c1ccco1)N(CC)CC. The lowest BCUT2D eigenvalue weighted by Gasteiger charge is -2.30. The van der Waals surface area contributed by atoms with E-state index in [0.29, 0.717) is 0 Å². The number of unbranched alkanes of at least 4 members (excludes halogenated alkanes) is 1. The smallest absolute Gasteiger partial charge is 0.193 e. The van der Waals surface area contributed by atoms with Crippen LogP contribution >= 0.6 is 0 Å². The van der Waals surface area contributed by atoms with E-state index in [-0.39, 0.29) is 6.04 Å². The van der Waals surface area contributed by atoms with Crippen LogP contribution in [0.15, 0.2) is 40.5 Å². The molecule has 5 heteroatoms. The first kappa shape index (κ1) is 19.3. The lowest BCUT2D eigenvalue weighted by atomic mass is 10.2. The normalized spacial score (nSPS) is 13.2. The molecular weight excluding hydrogens is 288 g/mol. The van der Waals surface area contributed by atoms with Gasteiger partial charge in [0, 0.05) is 27.2 Å². The Morgan fingerprint density at radius 1 is 1.43 bits per heavy atom. The van der Waals surface area contributed by atoms with Gasteiger partial charge in [-0.25, -0.2) is 0 Å². The van der Waals surface area contributed by atoms with Gasteiger partial charge in [0.2, 0.25) is 0 Å². The molecule has 1 aromatic rings. The second-order valence-electron chi connectivity index (χ2n) is 5.53. The van der Waals surface area contributed by atoms with Gasteiger partial charge in [-0.3, -0.25) is 9.89 Å². The van der Waals surface area contributed by atoms with Crippen molar-refractivity contribution in [2.75, 3.05) is 40.3 Å². The van der Waals surface area contributed by atoms with Crippen LogP contribution < -0.4 is 5.32 Å². The molecule has 0 saturated heterocycles. The van der Waals surface area contributed by atoms with Crippen LogP contribution in [0.1, 0.15) is 38.5 Å². The summed E-state index contributed by atoms with van der Waals surface area (Å²) in [6, 6.07) is 4.20. The molecule has 0 amide bonds. The Morgan fingerprint density at radius 2 is 2.17 bits per heavy atom. The number of hydrogen-bond donors (Lipinski definition) is 1. The van der Waals surface area contributed by atoms with Crippen LogP contribution in [-0.4, -0.2) is 56.0 Å². The minimum absolute atomic E-state index is 0.207. The van der Waals surface area contributed by atoms with E-state index in [1.807, 2.05) is 25.3 Å². The zero-order valence-corrected chi connectivity index (χ0v) is 15.1. The monoisotopic (exact) mass is 320 g/mol. The molecule has 5 nitrogen and oxygen atoms in total. The molecule has 0 radical (unpaired) electrons. The van der Waals surface area contributed by atoms with Gasteiger partial charge < -0.3 is 14.6 Å². The van der Waals surface area contributed by atoms with Crippen LogP contribution in [0.5, 0.6) is 0 Å². The molecule has 0 aliphatic rings. The number of guanidine groups is 1. The van der Waals surface area contributed by atoms with E-state index in [1.165, 1.54) is 0 Å². The van der Waals surface area contributed by atoms with Crippen LogP contribution in [0.3, 0.4) is 0 Å². The van der Waals surface area contributed by atoms with Crippen molar-refractivity contribution in [3.8, 4) is 0 Å². The van der Waals surface area contributed by atoms with Gasteiger partial charge in [-0.15, -0.1) is 6.58 Å². The fourth-order valence-electron chi connectivity index (χ4n) is 2.71. The highest BCUT2D eigenvalue weighted by atomic mass is 16.3. The molecule has 0 saturated carbocycles. The topological polar surface area (TPSA) is 44.0 Å². The summed E-state index contributed by atoms with van der Waals surface area (Å²) in [6.45, 7) is 11.8. The first-order valence-corrected chi connectivity index (χ1v) is 8.47. The summed E-state index contributed by atoms with van der Waals surface area (Å²) >= 11 is 0. The second kappa shape index (κ2) is 10.9. The molecule has 0 fully saturated rings. The van der Waals surface area contributed by atoms with Crippen molar-refractivity contribution in [2.24, 2.45) is 4.99 Å². The summed E-state index contributed by atoms with van der Waals surface area (Å²) in [4.78, 5) is 8.93. The van der Waals surface area contributed by atoms with Crippen LogP contribution in [0.25, 0.3) is 0 Å². The Kier molecular flexibility index (Phi) is 9.14. The number of likely N-dealkylation sites (N-methyl/N-ethyl adjacent to an activating group) is 1. The van der Waals surface area contributed by atoms with E-state index in [2.05, 4.69) is 47.6 Å². The third-order valence-electron chi connectivity index (χ3n) is 4.05. The Bertz CT molecular complexity index is 452. The molecule has 1 atom stereocenters. The third-order valence-corrected chi connectivity index (χ3v) is 4.05. The number of rotatable bonds is 10. The average molecular weight is 320 g/mol. The number of aliphatic imine (C=N–C) groups is 1. The first-order valence-electron chi connectivity index (χ1n) is 8.47. The van der Waals surface area contributed by atoms with Gasteiger partial charge in [0.1, 0.15) is 5.76 Å². The van der Waals surface area contributed by atoms with Gasteiger partial charge in [-0.1, -0.05) is 19.9 Å². The van der Waals surface area contributed by atoms with Crippen molar-refractivity contribution < 1.29 is 4.42 Å². The summed E-state index contributed by atoms with van der Waals surface area (Å²) in [7, 11) is 3.89. The summed E-state index contributed by atoms with van der Waals surface area (Å²) < 4.78 is 5.64. The minimum atomic E-state index is 0.207. The van der Waals surface area contributed by atoms with Crippen LogP contribution in [0.2, 0.25) is 0 Å². The molecule has 1 heterocycles. The zero-order valence-electron chi connectivity index (χ0n) is 15.1. The largest absolute Gasteiger partial charge is 0.468 e. The number of furan rings is 1. The van der Waals surface area contributed by atoms with Crippen molar-refractivity contribution in [2.45, 2.75) is 32.7 Å². The maximum atomic E-state index is 5.64. The molecular formula is C18H32N4O. The fraction of sp³-hybridized carbons (Fsp3) is 0.611. The lowest BCUT2D eigenvalue weighted by molar-refractivity contribution is 0.192. The molecule has 1 rings (SSSR count). The van der Waals surface area contributed by atoms with Gasteiger partial charge in [-0.2, -0.15) is 0 Å². The van der Waals surface area contributed by atoms with Crippen LogP contribution in [0.4, 0.5) is 0 Å². The number of allylic oxidation sites excluding steroid dienone is 1. The predicted molar refractivity (Wildman–Crippen MR) is 97.8 cm³/mol. The molecule has 0 bridgehead atoms. The van der Waals surface area contributed by atoms with E-state index in [4.69, 9.17) is 4.42 Å². The molecule has 1 aromatic heterocycles. The van der Waals surface area contributed by atoms with Gasteiger partial charge >= 0.3 is 0 Å². The molecule has 130 valence electrons. The highest BCUT2D eigenvalue weighted by Crippen LogP contribution is 2.20. The van der Waals surface area contributed by atoms with Crippen molar-refractivity contribution in [3.05, 3.63) is 36.8 Å². The number of hydrogen-bond acceptors (Lipinski definition) is 3. The predicted octanol–water partition coefficient (Wildman–Crippen LogP) is 3.14. The molecule has 0 aromatic carbocycles. The Hall–Kier alpha value is -1.75. The van der Waals surface area contributed by atoms with Gasteiger partial charge in [0.05, 0.1) is 12.3 Å². The molecule has 0 spiro atoms. The first-order chi connectivity index (χ1) is 11.2. The molecule has 23 heavy (non-hydrogen) atoms. The Morgan fingerprint density at radius 3 is 2.70 bits per heavy atom. The minimum Gasteiger partial charge on any atom is -0.468 e. The van der Waals surface area contributed by atoms with E-state index < -0.39 is 0 Å². The summed E-state index contributed by atoms with van der Waals surface area (Å²) in [6.07, 6.45) is 5.80. The standard InChI is InChI=1S/C18H32N4O/c1-6-9-10-13-21(5)18(19-4)20-15-16(22(7-2)8-3)17-12-11-14-23-17/h6,11-12,14,16H,1,7-10,13,15H2,2-5H3,(H,19,20). The van der Waals surface area contributed by atoms with E-state index in [9.17, 15) is 0 Å².